The molecule has 0 fully saturated rings. The fourth-order valence-electron chi connectivity index (χ4n) is 2.08. The van der Waals surface area contributed by atoms with E-state index in [-0.39, 0.29) is 12.5 Å². The first kappa shape index (κ1) is 14.2. The van der Waals surface area contributed by atoms with Gasteiger partial charge in [0.1, 0.15) is 0 Å². The number of aromatic nitrogens is 2. The number of nitrogens with one attached hydrogen (secondary N) is 1. The predicted octanol–water partition coefficient (Wildman–Crippen LogP) is 1.91. The lowest BCUT2D eigenvalue weighted by molar-refractivity contribution is -0.131. The lowest BCUT2D eigenvalue weighted by atomic mass is 10.1. The quantitative estimate of drug-likeness (QED) is 0.911. The van der Waals surface area contributed by atoms with Gasteiger partial charge in [0.2, 0.25) is 6.10 Å². The Morgan fingerprint density at radius 1 is 1.36 bits per heavy atom. The van der Waals surface area contributed by atoms with Crippen molar-refractivity contribution in [2.24, 2.45) is 5.16 Å². The van der Waals surface area contributed by atoms with Crippen molar-refractivity contribution in [3.63, 3.8) is 0 Å². The minimum Gasteiger partial charge on any atom is -0.382 e. The molecule has 0 radical (unpaired) electrons. The van der Waals surface area contributed by atoms with Gasteiger partial charge in [0.15, 0.2) is 5.82 Å². The van der Waals surface area contributed by atoms with E-state index in [0.717, 1.165) is 17.7 Å². The van der Waals surface area contributed by atoms with E-state index in [1.807, 2.05) is 37.3 Å². The van der Waals surface area contributed by atoms with Crippen molar-refractivity contribution < 1.29 is 14.2 Å². The highest BCUT2D eigenvalue weighted by atomic mass is 16.6. The van der Waals surface area contributed by atoms with Gasteiger partial charge in [0, 0.05) is 12.0 Å². The molecule has 7 heteroatoms. The van der Waals surface area contributed by atoms with Gasteiger partial charge in [0.25, 0.3) is 11.8 Å². The van der Waals surface area contributed by atoms with E-state index < -0.39 is 6.10 Å². The summed E-state index contributed by atoms with van der Waals surface area (Å²) in [6.07, 6.45) is 0.759. The second-order valence-electron chi connectivity index (χ2n) is 4.91. The minimum atomic E-state index is -0.560. The summed E-state index contributed by atoms with van der Waals surface area (Å²) in [5, 5.41) is 10.4. The lowest BCUT2D eigenvalue weighted by Gasteiger charge is -2.07. The van der Waals surface area contributed by atoms with Gasteiger partial charge in [0.05, 0.1) is 12.3 Å². The van der Waals surface area contributed by atoms with Crippen molar-refractivity contribution in [3.05, 3.63) is 36.2 Å². The van der Waals surface area contributed by atoms with E-state index in [1.54, 1.807) is 0 Å². The monoisotopic (exact) mass is 300 g/mol. The van der Waals surface area contributed by atoms with Crippen molar-refractivity contribution in [2.75, 3.05) is 0 Å². The fourth-order valence-corrected chi connectivity index (χ4v) is 2.08. The number of carbonyl (C=O) groups excluding carboxylic acids is 1. The highest BCUT2D eigenvalue weighted by Crippen LogP contribution is 2.16. The summed E-state index contributed by atoms with van der Waals surface area (Å²) < 4.78 is 5.18. The number of carbonyl (C=O) groups is 1. The van der Waals surface area contributed by atoms with Crippen molar-refractivity contribution in [2.45, 2.75) is 32.4 Å². The Hall–Kier alpha value is -2.70. The molecular formula is C15H16N4O3. The molecule has 0 spiro atoms. The second kappa shape index (κ2) is 6.38. The van der Waals surface area contributed by atoms with Crippen LogP contribution in [0.15, 0.2) is 40.0 Å². The number of oxime groups is 1. The normalized spacial score (nSPS) is 17.0. The number of hydrogen-bond acceptors (Lipinski definition) is 6. The topological polar surface area (TPSA) is 89.6 Å². The molecule has 0 saturated heterocycles. The van der Waals surface area contributed by atoms with Gasteiger partial charge >= 0.3 is 0 Å². The first-order valence-electron chi connectivity index (χ1n) is 7.13. The molecule has 114 valence electrons. The molecule has 2 aromatic rings. The zero-order valence-corrected chi connectivity index (χ0v) is 12.2. The maximum atomic E-state index is 12.0. The molecule has 1 aliphatic heterocycles. The smallest absolute Gasteiger partial charge is 0.264 e. The van der Waals surface area contributed by atoms with E-state index in [0.29, 0.717) is 18.1 Å². The Balaban J connectivity index is 1.54. The maximum Gasteiger partial charge on any atom is 0.264 e. The van der Waals surface area contributed by atoms with Gasteiger partial charge in [-0.2, -0.15) is 4.98 Å². The van der Waals surface area contributed by atoms with E-state index in [9.17, 15) is 4.79 Å². The molecule has 1 atom stereocenters. The van der Waals surface area contributed by atoms with Crippen LogP contribution < -0.4 is 5.32 Å². The summed E-state index contributed by atoms with van der Waals surface area (Å²) in [5.41, 5.74) is 1.73. The summed E-state index contributed by atoms with van der Waals surface area (Å²) in [5.74, 6) is 0.624. The van der Waals surface area contributed by atoms with Crippen molar-refractivity contribution in [1.29, 1.82) is 0 Å². The Kier molecular flexibility index (Phi) is 4.13. The fraction of sp³-hybridized carbons (Fsp3) is 0.333. The van der Waals surface area contributed by atoms with Gasteiger partial charge in [-0.25, -0.2) is 0 Å². The third kappa shape index (κ3) is 3.13. The summed E-state index contributed by atoms with van der Waals surface area (Å²) in [4.78, 5) is 21.3. The van der Waals surface area contributed by atoms with E-state index in [1.165, 1.54) is 0 Å². The van der Waals surface area contributed by atoms with Crippen LogP contribution in [0.3, 0.4) is 0 Å². The Labute approximate surface area is 127 Å². The molecule has 0 saturated carbocycles. The molecule has 1 aromatic carbocycles. The zero-order valence-electron chi connectivity index (χ0n) is 12.2. The van der Waals surface area contributed by atoms with Gasteiger partial charge in [-0.3, -0.25) is 4.79 Å². The minimum absolute atomic E-state index is 0.191. The van der Waals surface area contributed by atoms with Gasteiger partial charge in [-0.05, 0) is 18.6 Å². The number of nitrogens with zero attached hydrogens (tertiary/aromatic N) is 3. The van der Waals surface area contributed by atoms with Crippen LogP contribution in [0.5, 0.6) is 0 Å². The lowest BCUT2D eigenvalue weighted by Crippen LogP contribution is -2.34. The number of benzene rings is 1. The maximum absolute atomic E-state index is 12.0. The van der Waals surface area contributed by atoms with E-state index in [2.05, 4.69) is 20.6 Å². The van der Waals surface area contributed by atoms with Crippen LogP contribution in [0.2, 0.25) is 0 Å². The van der Waals surface area contributed by atoms with Gasteiger partial charge in [-0.15, -0.1) is 0 Å². The van der Waals surface area contributed by atoms with Crippen LogP contribution in [-0.4, -0.2) is 27.9 Å². The molecule has 1 aliphatic rings. The molecule has 0 bridgehead atoms. The molecule has 1 amide bonds. The number of rotatable bonds is 5. The predicted molar refractivity (Wildman–Crippen MR) is 78.8 cm³/mol. The summed E-state index contributed by atoms with van der Waals surface area (Å²) in [6.45, 7) is 2.17. The standard InChI is InChI=1S/C15H16N4O3/c1-2-11-8-12(21-18-11)14(20)16-9-13-17-15(22-19-13)10-6-4-3-5-7-10/h3-7,12H,2,8-9H2,1H3,(H,16,20). The Morgan fingerprint density at radius 2 is 2.18 bits per heavy atom. The Morgan fingerprint density at radius 3 is 2.91 bits per heavy atom. The highest BCUT2D eigenvalue weighted by molar-refractivity contribution is 5.92. The van der Waals surface area contributed by atoms with Crippen LogP contribution in [0, 0.1) is 0 Å². The van der Waals surface area contributed by atoms with Crippen molar-refractivity contribution in [1.82, 2.24) is 15.5 Å². The van der Waals surface area contributed by atoms with Crippen LogP contribution >= 0.6 is 0 Å². The van der Waals surface area contributed by atoms with E-state index in [4.69, 9.17) is 9.36 Å². The van der Waals surface area contributed by atoms with Crippen molar-refractivity contribution >= 4 is 11.6 Å². The molecule has 1 aromatic heterocycles. The third-order valence-electron chi connectivity index (χ3n) is 3.34. The number of amides is 1. The molecule has 1 N–H and O–H groups in total. The van der Waals surface area contributed by atoms with Crippen LogP contribution in [0.1, 0.15) is 25.6 Å². The first-order chi connectivity index (χ1) is 10.8. The van der Waals surface area contributed by atoms with Gasteiger partial charge < -0.3 is 14.7 Å². The molecule has 22 heavy (non-hydrogen) atoms. The molecular weight excluding hydrogens is 284 g/mol. The average molecular weight is 300 g/mol. The average Bonchev–Trinajstić information content (AvgIpc) is 3.22. The molecule has 1 unspecified atom stereocenters. The van der Waals surface area contributed by atoms with Crippen LogP contribution in [-0.2, 0) is 16.2 Å². The second-order valence-corrected chi connectivity index (χ2v) is 4.91. The molecule has 2 heterocycles. The SMILES string of the molecule is CCC1=NOC(C(=O)NCc2noc(-c3ccccc3)n2)C1. The van der Waals surface area contributed by atoms with Crippen LogP contribution in [0.25, 0.3) is 11.5 Å². The van der Waals surface area contributed by atoms with E-state index >= 15 is 0 Å². The van der Waals surface area contributed by atoms with Crippen LogP contribution in [0.4, 0.5) is 0 Å². The molecule has 0 aliphatic carbocycles. The van der Waals surface area contributed by atoms with Crippen molar-refractivity contribution in [3.8, 4) is 11.5 Å². The third-order valence-corrected chi connectivity index (χ3v) is 3.34. The summed E-state index contributed by atoms with van der Waals surface area (Å²) >= 11 is 0. The first-order valence-corrected chi connectivity index (χ1v) is 7.13. The zero-order chi connectivity index (χ0) is 15.4. The molecule has 7 nitrogen and oxygen atoms in total. The number of hydrogen-bond donors (Lipinski definition) is 1. The largest absolute Gasteiger partial charge is 0.382 e. The Bertz CT molecular complexity index is 681. The summed E-state index contributed by atoms with van der Waals surface area (Å²) in [6, 6.07) is 9.46. The molecule has 3 rings (SSSR count). The summed E-state index contributed by atoms with van der Waals surface area (Å²) in [7, 11) is 0. The highest BCUT2D eigenvalue weighted by Gasteiger charge is 2.27. The van der Waals surface area contributed by atoms with Gasteiger partial charge in [-0.1, -0.05) is 35.4 Å².